The molecule has 11 amide bonds. The summed E-state index contributed by atoms with van der Waals surface area (Å²) in [5.41, 5.74) is 14.8. The molecule has 85 heavy (non-hydrogen) atoms. The highest BCUT2D eigenvalue weighted by atomic mass is 16.4. The fraction of sp³-hybridized carbons (Fsp3) is 0.442. The van der Waals surface area contributed by atoms with Crippen LogP contribution in [0.15, 0.2) is 65.9 Å². The molecule has 0 aliphatic carbocycles. The van der Waals surface area contributed by atoms with E-state index in [9.17, 15) is 78.0 Å². The van der Waals surface area contributed by atoms with Gasteiger partial charge < -0.3 is 106 Å². The molecule has 0 spiro atoms. The van der Waals surface area contributed by atoms with Gasteiger partial charge in [0.25, 0.3) is 0 Å². The monoisotopic (exact) mass is 1190 g/mol. The number of hydrogen-bond acceptors (Lipinski definition) is 17. The van der Waals surface area contributed by atoms with Gasteiger partial charge in [0.05, 0.1) is 64.1 Å². The van der Waals surface area contributed by atoms with E-state index in [1.54, 1.807) is 36.7 Å². The Kier molecular flexibility index (Phi) is 27.1. The van der Waals surface area contributed by atoms with Crippen LogP contribution in [-0.2, 0) is 70.4 Å². The van der Waals surface area contributed by atoms with Gasteiger partial charge in [0.15, 0.2) is 5.96 Å². The molecule has 0 unspecified atom stereocenters. The Labute approximate surface area is 485 Å². The maximum atomic E-state index is 13.5. The lowest BCUT2D eigenvalue weighted by Crippen LogP contribution is -2.60. The average molecular weight is 1190 g/mol. The van der Waals surface area contributed by atoms with E-state index in [2.05, 4.69) is 78.8 Å². The largest absolute Gasteiger partial charge is 0.480 e. The highest BCUT2D eigenvalue weighted by Gasteiger charge is 2.32. The second-order valence-corrected chi connectivity index (χ2v) is 19.2. The van der Waals surface area contributed by atoms with E-state index in [0.717, 1.165) is 41.2 Å². The summed E-state index contributed by atoms with van der Waals surface area (Å²) >= 11 is 0. The number of H-pyrrole nitrogens is 2. The molecular formula is C52H73N17O16. The van der Waals surface area contributed by atoms with E-state index in [0.29, 0.717) is 5.56 Å². The number of aliphatic carboxylic acids is 1. The van der Waals surface area contributed by atoms with Crippen molar-refractivity contribution in [1.82, 2.24) is 73.8 Å². The predicted molar refractivity (Wildman–Crippen MR) is 303 cm³/mol. The summed E-state index contributed by atoms with van der Waals surface area (Å²) < 4.78 is 0. The number of fused-ring (bicyclic) bond motifs is 2. The third-order valence-corrected chi connectivity index (χ3v) is 12.6. The second-order valence-electron chi connectivity index (χ2n) is 19.2. The van der Waals surface area contributed by atoms with Crippen LogP contribution in [-0.4, -0.2) is 215 Å². The molecule has 0 radical (unpaired) electrons. The number of carboxylic acid groups (broad SMARTS) is 1. The van der Waals surface area contributed by atoms with Crippen molar-refractivity contribution < 1.29 is 78.0 Å². The first-order chi connectivity index (χ1) is 40.4. The number of hydrogen-bond donors (Lipinski definition) is 20. The number of guanidine groups is 1. The van der Waals surface area contributed by atoms with Crippen molar-refractivity contribution >= 4 is 98.7 Å². The summed E-state index contributed by atoms with van der Waals surface area (Å²) in [6.07, 6.45) is 0.291. The molecule has 33 heteroatoms. The minimum atomic E-state index is -1.79. The molecule has 2 aromatic carbocycles. The molecule has 4 aromatic rings. The molecule has 0 saturated heterocycles. The Morgan fingerprint density at radius 1 is 0.518 bits per heavy atom. The number of aliphatic hydroxyl groups is 3. The summed E-state index contributed by atoms with van der Waals surface area (Å²) in [7, 11) is 1.41. The van der Waals surface area contributed by atoms with Gasteiger partial charge >= 0.3 is 5.97 Å². The summed E-state index contributed by atoms with van der Waals surface area (Å²) in [5, 5.41) is 69.6. The molecule has 0 bridgehead atoms. The van der Waals surface area contributed by atoms with Gasteiger partial charge in [0.1, 0.15) is 30.2 Å². The average Bonchev–Trinajstić information content (AvgIpc) is 3.52. The highest BCUT2D eigenvalue weighted by Crippen LogP contribution is 2.20. The van der Waals surface area contributed by atoms with Gasteiger partial charge in [-0.05, 0) is 56.4 Å². The van der Waals surface area contributed by atoms with Gasteiger partial charge in [-0.15, -0.1) is 0 Å². The molecule has 0 aliphatic rings. The lowest BCUT2D eigenvalue weighted by molar-refractivity contribution is -0.141. The van der Waals surface area contributed by atoms with Gasteiger partial charge in [-0.3, -0.25) is 57.7 Å². The van der Waals surface area contributed by atoms with E-state index in [-0.39, 0.29) is 38.2 Å². The number of nitrogens with two attached hydrogens (primary N) is 2. The SMILES string of the molecule is CN=C(N)NCCC[C@H](NC(=O)[C@H](CO)NC(=O)[C@@H](NC(=O)CNC(=O)CNC(=O)[C@@H](N)Cc1c[nH]c2ccccc12)[C@@H](C)O)C(=O)NCC(=O)NCC(=O)N[C@H](C(=O)NCC(=O)NCC(=O)N[C@@H](Cc1c[nH]c2ccccc12)C(=O)O)[C@@H](C)O. The number of carboxylic acids is 1. The maximum Gasteiger partial charge on any atom is 0.326 e. The molecule has 2 heterocycles. The summed E-state index contributed by atoms with van der Waals surface area (Å²) in [6, 6.07) is 5.54. The van der Waals surface area contributed by atoms with Crippen LogP contribution in [0, 0.1) is 0 Å². The lowest BCUT2D eigenvalue weighted by atomic mass is 10.1. The number of aromatic amines is 2. The van der Waals surface area contributed by atoms with Crippen LogP contribution in [0.2, 0.25) is 0 Å². The van der Waals surface area contributed by atoms with Crippen LogP contribution in [0.5, 0.6) is 0 Å². The van der Waals surface area contributed by atoms with Gasteiger partial charge in [0.2, 0.25) is 65.0 Å². The van der Waals surface area contributed by atoms with Gasteiger partial charge in [-0.25, -0.2) is 4.79 Å². The maximum absolute atomic E-state index is 13.5. The zero-order valence-corrected chi connectivity index (χ0v) is 46.7. The Morgan fingerprint density at radius 3 is 1.44 bits per heavy atom. The lowest BCUT2D eigenvalue weighted by Gasteiger charge is -2.25. The number of aliphatic imine (C=N–C) groups is 1. The fourth-order valence-electron chi connectivity index (χ4n) is 8.04. The molecule has 0 saturated carbocycles. The van der Waals surface area contributed by atoms with Gasteiger partial charge in [-0.2, -0.15) is 0 Å². The number of aliphatic hydroxyl groups excluding tert-OH is 3. The Morgan fingerprint density at radius 2 is 0.953 bits per heavy atom. The molecule has 0 aliphatic heterocycles. The molecule has 33 nitrogen and oxygen atoms in total. The minimum Gasteiger partial charge on any atom is -0.480 e. The molecule has 8 atom stereocenters. The molecular weight excluding hydrogens is 1120 g/mol. The van der Waals surface area contributed by atoms with E-state index in [1.807, 2.05) is 24.3 Å². The number of amides is 11. The molecule has 0 fully saturated rings. The second kappa shape index (κ2) is 34.0. The van der Waals surface area contributed by atoms with E-state index >= 15 is 0 Å². The van der Waals surface area contributed by atoms with Crippen LogP contribution in [0.4, 0.5) is 0 Å². The molecule has 4 rings (SSSR count). The number of nitrogens with one attached hydrogen (secondary N) is 14. The van der Waals surface area contributed by atoms with Crippen molar-refractivity contribution in [1.29, 1.82) is 0 Å². The van der Waals surface area contributed by atoms with Crippen molar-refractivity contribution in [3.63, 3.8) is 0 Å². The number of benzene rings is 2. The minimum absolute atomic E-state index is 0.0496. The van der Waals surface area contributed by atoms with Crippen LogP contribution < -0.4 is 75.3 Å². The Hall–Kier alpha value is -9.73. The smallest absolute Gasteiger partial charge is 0.326 e. The number of para-hydroxylation sites is 2. The topological polar surface area (TPSA) is 526 Å². The van der Waals surface area contributed by atoms with Crippen LogP contribution in [0.1, 0.15) is 37.8 Å². The third-order valence-electron chi connectivity index (χ3n) is 12.6. The predicted octanol–water partition coefficient (Wildman–Crippen LogP) is -7.96. The standard InChI is InChI=1S/C52H73N17O16/c1-26(71)44(49(82)64-21-40(75)59-22-41(76)65-36(51(84)85)16-29-18-58-34-12-7-5-10-31(29)34)68-42(77)23-61-39(74)20-63-47(80)35(13-8-14-56-52(54)55-3)66-48(81)37(25-70)67-50(83)45(27(2)72)69-43(78)24-60-38(73)19-62-46(79)32(53)15-28-17-57-33-11-6-4-9-30(28)33/h4-7,9-12,17-18,26-27,32,35-37,44-45,57-58,70-72H,8,13-16,19-25,53H2,1-3H3,(H,59,75)(H,60,73)(H,61,74)(H,62,79)(H,63,80)(H,64,82)(H,65,76)(H,66,81)(H,67,83)(H,68,77)(H,69,78)(H,84,85)(H3,54,55,56)/t26-,27-,32+,35+,36+,37+,44+,45+/m1/s1. The third kappa shape index (κ3) is 22.5. The first kappa shape index (κ1) is 67.8. The van der Waals surface area contributed by atoms with Crippen molar-refractivity contribution in [2.75, 3.05) is 59.5 Å². The van der Waals surface area contributed by atoms with Crippen LogP contribution >= 0.6 is 0 Å². The first-order valence-electron chi connectivity index (χ1n) is 26.5. The summed E-state index contributed by atoms with van der Waals surface area (Å²) in [6.45, 7) is -2.93. The van der Waals surface area contributed by atoms with Crippen molar-refractivity contribution in [3.05, 3.63) is 72.1 Å². The van der Waals surface area contributed by atoms with E-state index < -0.39 is 165 Å². The first-order valence-corrected chi connectivity index (χ1v) is 26.5. The zero-order valence-electron chi connectivity index (χ0n) is 46.7. The molecule has 22 N–H and O–H groups in total. The summed E-state index contributed by atoms with van der Waals surface area (Å²) in [5.74, 6) is -11.7. The molecule has 2 aromatic heterocycles. The zero-order chi connectivity index (χ0) is 62.8. The van der Waals surface area contributed by atoms with E-state index in [1.165, 1.54) is 7.05 Å². The number of aromatic nitrogens is 2. The summed E-state index contributed by atoms with van der Waals surface area (Å²) in [4.78, 5) is 163. The van der Waals surface area contributed by atoms with Crippen LogP contribution in [0.3, 0.4) is 0 Å². The normalized spacial score (nSPS) is 14.0. The molecule has 462 valence electrons. The quantitative estimate of drug-likeness (QED) is 0.0117. The van der Waals surface area contributed by atoms with Gasteiger partial charge in [-0.1, -0.05) is 36.4 Å². The van der Waals surface area contributed by atoms with Crippen molar-refractivity contribution in [2.24, 2.45) is 16.5 Å². The van der Waals surface area contributed by atoms with Crippen molar-refractivity contribution in [3.8, 4) is 0 Å². The van der Waals surface area contributed by atoms with Crippen LogP contribution in [0.25, 0.3) is 21.8 Å². The van der Waals surface area contributed by atoms with Gasteiger partial charge in [0, 0.05) is 54.2 Å². The van der Waals surface area contributed by atoms with E-state index in [4.69, 9.17) is 11.5 Å². The number of nitrogens with zero attached hydrogens (tertiary/aromatic N) is 1. The number of carbonyl (C=O) groups is 12. The Bertz CT molecular complexity index is 3050. The highest BCUT2D eigenvalue weighted by molar-refractivity contribution is 5.98. The Balaban J connectivity index is 1.21. The van der Waals surface area contributed by atoms with Crippen molar-refractivity contribution in [2.45, 2.75) is 88.0 Å². The fourth-order valence-corrected chi connectivity index (χ4v) is 8.04. The number of carbonyl (C=O) groups excluding carboxylic acids is 11. The number of rotatable bonds is 34.